The number of aliphatic carboxylic acids is 1. The molecule has 0 aliphatic carbocycles. The van der Waals surface area contributed by atoms with Gasteiger partial charge in [0.25, 0.3) is 0 Å². The van der Waals surface area contributed by atoms with Crippen molar-refractivity contribution in [3.05, 3.63) is 0 Å². The lowest BCUT2D eigenvalue weighted by Crippen LogP contribution is -2.44. The standard InChI is InChI=1S/C7H16NO5P/c1-7(8,6(9)10)4-2-3-5-14(11,12)13/h2-5,8H2,1H3,(H,9,10)(H2,11,12,13)/t7-/m1/s1. The van der Waals surface area contributed by atoms with Gasteiger partial charge in [-0.2, -0.15) is 0 Å². The van der Waals surface area contributed by atoms with Gasteiger partial charge >= 0.3 is 13.6 Å². The smallest absolute Gasteiger partial charge is 0.325 e. The number of carboxylic acids is 1. The fraction of sp³-hybridized carbons (Fsp3) is 0.857. The molecule has 0 saturated heterocycles. The minimum atomic E-state index is -3.96. The van der Waals surface area contributed by atoms with Crippen molar-refractivity contribution in [3.63, 3.8) is 0 Å². The van der Waals surface area contributed by atoms with Crippen LogP contribution in [0.2, 0.25) is 0 Å². The number of carboxylic acid groups (broad SMARTS) is 1. The lowest BCUT2D eigenvalue weighted by atomic mass is 9.97. The third-order valence-corrected chi connectivity index (χ3v) is 2.78. The van der Waals surface area contributed by atoms with Gasteiger partial charge in [0.15, 0.2) is 0 Å². The Hall–Kier alpha value is -0.420. The summed E-state index contributed by atoms with van der Waals surface area (Å²) in [5.41, 5.74) is 4.11. The van der Waals surface area contributed by atoms with E-state index < -0.39 is 19.1 Å². The maximum absolute atomic E-state index is 10.5. The maximum atomic E-state index is 10.5. The molecule has 0 aromatic carbocycles. The SMILES string of the molecule is C[C@@](N)(CCCCP(=O)(O)O)C(=O)O. The van der Waals surface area contributed by atoms with E-state index >= 15 is 0 Å². The summed E-state index contributed by atoms with van der Waals surface area (Å²) >= 11 is 0. The highest BCUT2D eigenvalue weighted by atomic mass is 31.2. The predicted octanol–water partition coefficient (Wildman–Crippen LogP) is 0.136. The quantitative estimate of drug-likeness (QED) is 0.376. The lowest BCUT2D eigenvalue weighted by molar-refractivity contribution is -0.142. The average molecular weight is 225 g/mol. The summed E-state index contributed by atoms with van der Waals surface area (Å²) in [5, 5.41) is 8.62. The summed E-state index contributed by atoms with van der Waals surface area (Å²) in [6.45, 7) is 1.38. The first-order chi connectivity index (χ1) is 6.15. The van der Waals surface area contributed by atoms with Crippen molar-refractivity contribution in [1.29, 1.82) is 0 Å². The summed E-state index contributed by atoms with van der Waals surface area (Å²) in [7, 11) is -3.96. The first kappa shape index (κ1) is 13.6. The monoisotopic (exact) mass is 225 g/mol. The van der Waals surface area contributed by atoms with Crippen molar-refractivity contribution >= 4 is 13.6 Å². The Balaban J connectivity index is 3.76. The maximum Gasteiger partial charge on any atom is 0.325 e. The van der Waals surface area contributed by atoms with E-state index in [0.29, 0.717) is 6.42 Å². The number of unbranched alkanes of at least 4 members (excludes halogenated alkanes) is 1. The zero-order chi connectivity index (χ0) is 11.4. The highest BCUT2D eigenvalue weighted by Crippen LogP contribution is 2.35. The molecule has 0 saturated carbocycles. The highest BCUT2D eigenvalue weighted by Gasteiger charge is 2.27. The van der Waals surface area contributed by atoms with Crippen LogP contribution in [0.4, 0.5) is 0 Å². The Bertz CT molecular complexity index is 246. The van der Waals surface area contributed by atoms with E-state index in [2.05, 4.69) is 0 Å². The van der Waals surface area contributed by atoms with E-state index in [1.54, 1.807) is 0 Å². The van der Waals surface area contributed by atoms with Crippen molar-refractivity contribution in [2.45, 2.75) is 31.7 Å². The van der Waals surface area contributed by atoms with Crippen LogP contribution in [0.1, 0.15) is 26.2 Å². The molecule has 0 aliphatic heterocycles. The molecule has 0 rings (SSSR count). The van der Waals surface area contributed by atoms with Crippen molar-refractivity contribution in [2.24, 2.45) is 5.73 Å². The van der Waals surface area contributed by atoms with Crippen LogP contribution < -0.4 is 5.73 Å². The van der Waals surface area contributed by atoms with Gasteiger partial charge in [0.05, 0.1) is 0 Å². The molecule has 5 N–H and O–H groups in total. The Morgan fingerprint density at radius 2 is 1.93 bits per heavy atom. The van der Waals surface area contributed by atoms with Gasteiger partial charge in [-0.05, 0) is 19.8 Å². The van der Waals surface area contributed by atoms with E-state index in [-0.39, 0.29) is 19.0 Å². The van der Waals surface area contributed by atoms with Crippen molar-refractivity contribution < 1.29 is 24.3 Å². The van der Waals surface area contributed by atoms with Crippen LogP contribution in [0, 0.1) is 0 Å². The van der Waals surface area contributed by atoms with Gasteiger partial charge < -0.3 is 20.6 Å². The zero-order valence-electron chi connectivity index (χ0n) is 8.01. The molecule has 0 amide bonds. The molecule has 84 valence electrons. The molecule has 0 radical (unpaired) electrons. The Labute approximate surface area is 82.3 Å². The van der Waals surface area contributed by atoms with E-state index in [9.17, 15) is 9.36 Å². The molecule has 6 nitrogen and oxygen atoms in total. The zero-order valence-corrected chi connectivity index (χ0v) is 8.91. The van der Waals surface area contributed by atoms with Gasteiger partial charge in [-0.15, -0.1) is 0 Å². The first-order valence-corrected chi connectivity index (χ1v) is 6.02. The molecule has 1 atom stereocenters. The fourth-order valence-corrected chi connectivity index (χ4v) is 1.55. The van der Waals surface area contributed by atoms with Crippen molar-refractivity contribution in [2.75, 3.05) is 6.16 Å². The first-order valence-electron chi connectivity index (χ1n) is 4.22. The Morgan fingerprint density at radius 3 is 2.29 bits per heavy atom. The van der Waals surface area contributed by atoms with Crippen LogP contribution >= 0.6 is 7.60 Å². The van der Waals surface area contributed by atoms with Crippen LogP contribution in [0.25, 0.3) is 0 Å². The summed E-state index contributed by atoms with van der Waals surface area (Å²) in [6, 6.07) is 0. The van der Waals surface area contributed by atoms with E-state index in [1.807, 2.05) is 0 Å². The third-order valence-electron chi connectivity index (χ3n) is 1.88. The van der Waals surface area contributed by atoms with E-state index in [0.717, 1.165) is 0 Å². The minimum Gasteiger partial charge on any atom is -0.480 e. The predicted molar refractivity (Wildman–Crippen MR) is 51.0 cm³/mol. The van der Waals surface area contributed by atoms with Crippen LogP contribution in [-0.2, 0) is 9.36 Å². The van der Waals surface area contributed by atoms with Crippen LogP contribution in [0.15, 0.2) is 0 Å². The second-order valence-electron chi connectivity index (χ2n) is 3.57. The van der Waals surface area contributed by atoms with Gasteiger partial charge in [0, 0.05) is 6.16 Å². The van der Waals surface area contributed by atoms with Crippen molar-refractivity contribution in [1.82, 2.24) is 0 Å². The second kappa shape index (κ2) is 4.89. The van der Waals surface area contributed by atoms with Gasteiger partial charge in [-0.1, -0.05) is 6.42 Å². The minimum absolute atomic E-state index is 0.211. The van der Waals surface area contributed by atoms with Crippen molar-refractivity contribution in [3.8, 4) is 0 Å². The topological polar surface area (TPSA) is 121 Å². The Morgan fingerprint density at radius 1 is 1.43 bits per heavy atom. The van der Waals surface area contributed by atoms with Crippen LogP contribution in [0.5, 0.6) is 0 Å². The molecular formula is C7H16NO5P. The Kier molecular flexibility index (Phi) is 4.74. The van der Waals surface area contributed by atoms with Gasteiger partial charge in [-0.3, -0.25) is 9.36 Å². The summed E-state index contributed by atoms with van der Waals surface area (Å²) in [6.07, 6.45) is 0.666. The van der Waals surface area contributed by atoms with E-state index in [1.165, 1.54) is 6.92 Å². The largest absolute Gasteiger partial charge is 0.480 e. The second-order valence-corrected chi connectivity index (χ2v) is 5.34. The van der Waals surface area contributed by atoms with Gasteiger partial charge in [-0.25, -0.2) is 0 Å². The number of rotatable bonds is 6. The highest BCUT2D eigenvalue weighted by molar-refractivity contribution is 7.51. The molecule has 0 heterocycles. The summed E-state index contributed by atoms with van der Waals surface area (Å²) in [5.74, 6) is -1.10. The number of nitrogens with two attached hydrogens (primary N) is 1. The molecule has 0 aromatic heterocycles. The molecule has 0 aromatic rings. The number of hydrogen-bond donors (Lipinski definition) is 4. The lowest BCUT2D eigenvalue weighted by Gasteiger charge is -2.18. The number of hydrogen-bond acceptors (Lipinski definition) is 3. The molecule has 0 unspecified atom stereocenters. The molecule has 0 aliphatic rings. The van der Waals surface area contributed by atoms with Crippen LogP contribution in [-0.4, -0.2) is 32.6 Å². The summed E-state index contributed by atoms with van der Waals surface area (Å²) < 4.78 is 10.4. The summed E-state index contributed by atoms with van der Waals surface area (Å²) in [4.78, 5) is 27.6. The van der Waals surface area contributed by atoms with Gasteiger partial charge in [0.1, 0.15) is 5.54 Å². The van der Waals surface area contributed by atoms with Crippen LogP contribution in [0.3, 0.4) is 0 Å². The molecular weight excluding hydrogens is 209 g/mol. The molecule has 0 fully saturated rings. The normalized spacial score (nSPS) is 16.3. The molecule has 0 spiro atoms. The molecule has 0 bridgehead atoms. The number of carbonyl (C=O) groups is 1. The molecule has 14 heavy (non-hydrogen) atoms. The van der Waals surface area contributed by atoms with Gasteiger partial charge in [0.2, 0.25) is 0 Å². The molecule has 7 heteroatoms. The fourth-order valence-electron chi connectivity index (χ4n) is 0.917. The average Bonchev–Trinajstić information content (AvgIpc) is 1.96. The third kappa shape index (κ3) is 6.10. The van der Waals surface area contributed by atoms with E-state index in [4.69, 9.17) is 20.6 Å².